The van der Waals surface area contributed by atoms with Crippen LogP contribution in [0, 0.1) is 0 Å². The van der Waals surface area contributed by atoms with Crippen LogP contribution in [0.1, 0.15) is 36.7 Å². The van der Waals surface area contributed by atoms with Crippen molar-refractivity contribution in [3.8, 4) is 5.69 Å². The van der Waals surface area contributed by atoms with E-state index in [1.807, 2.05) is 0 Å². The smallest absolute Gasteiger partial charge is 0.342 e. The lowest BCUT2D eigenvalue weighted by Gasteiger charge is -2.17. The minimum absolute atomic E-state index is 0.0509. The number of carbonyl (C=O) groups excluding carboxylic acids is 1. The van der Waals surface area contributed by atoms with Crippen LogP contribution in [0.4, 0.5) is 5.69 Å². The van der Waals surface area contributed by atoms with E-state index < -0.39 is 28.2 Å². The van der Waals surface area contributed by atoms with Crippen molar-refractivity contribution in [3.63, 3.8) is 0 Å². The molecule has 130 valence electrons. The highest BCUT2D eigenvalue weighted by atomic mass is 16.4. The maximum Gasteiger partial charge on any atom is 0.342 e. The van der Waals surface area contributed by atoms with Crippen LogP contribution in [0.2, 0.25) is 0 Å². The highest BCUT2D eigenvalue weighted by molar-refractivity contribution is 6.05. The number of fused-ring (bicyclic) bond motifs is 1. The van der Waals surface area contributed by atoms with Gasteiger partial charge in [-0.25, -0.2) is 9.59 Å². The van der Waals surface area contributed by atoms with E-state index in [0.29, 0.717) is 16.9 Å². The Kier molecular flexibility index (Phi) is 3.63. The monoisotopic (exact) mass is 343 g/mol. The van der Waals surface area contributed by atoms with Crippen LogP contribution in [0.25, 0.3) is 5.69 Å². The molecule has 0 radical (unpaired) electrons. The van der Waals surface area contributed by atoms with Gasteiger partial charge in [0.1, 0.15) is 5.56 Å². The van der Waals surface area contributed by atoms with E-state index in [9.17, 15) is 24.3 Å². The first-order chi connectivity index (χ1) is 11.7. The Bertz CT molecular complexity index is 1030. The second-order valence-corrected chi connectivity index (χ2v) is 6.36. The Hall–Kier alpha value is -3.16. The zero-order chi connectivity index (χ0) is 18.5. The number of aromatic carboxylic acids is 1. The van der Waals surface area contributed by atoms with Gasteiger partial charge in [-0.3, -0.25) is 18.7 Å². The van der Waals surface area contributed by atoms with Gasteiger partial charge in [-0.05, 0) is 44.5 Å². The van der Waals surface area contributed by atoms with Crippen LogP contribution in [0.5, 0.6) is 0 Å². The fourth-order valence-corrected chi connectivity index (χ4v) is 2.92. The summed E-state index contributed by atoms with van der Waals surface area (Å²) < 4.78 is 1.98. The van der Waals surface area contributed by atoms with Gasteiger partial charge in [-0.1, -0.05) is 0 Å². The van der Waals surface area contributed by atoms with Crippen molar-refractivity contribution < 1.29 is 14.7 Å². The van der Waals surface area contributed by atoms with Gasteiger partial charge >= 0.3 is 11.7 Å². The second kappa shape index (κ2) is 5.44. The Morgan fingerprint density at radius 1 is 1.24 bits per heavy atom. The number of carboxylic acids is 1. The zero-order valence-corrected chi connectivity index (χ0v) is 14.0. The predicted octanol–water partition coefficient (Wildman–Crippen LogP) is 0.947. The average molecular weight is 343 g/mol. The first-order valence-corrected chi connectivity index (χ1v) is 7.74. The fourth-order valence-electron chi connectivity index (χ4n) is 2.92. The van der Waals surface area contributed by atoms with E-state index in [1.54, 1.807) is 39.0 Å². The normalized spacial score (nSPS) is 14.9. The first-order valence-electron chi connectivity index (χ1n) is 7.74. The van der Waals surface area contributed by atoms with Crippen LogP contribution in [-0.4, -0.2) is 26.1 Å². The summed E-state index contributed by atoms with van der Waals surface area (Å²) in [6, 6.07) is 4.91. The molecule has 25 heavy (non-hydrogen) atoms. The van der Waals surface area contributed by atoms with Crippen LogP contribution in [0.3, 0.4) is 0 Å². The highest BCUT2D eigenvalue weighted by Crippen LogP contribution is 2.38. The Morgan fingerprint density at radius 2 is 1.92 bits per heavy atom. The molecule has 1 aromatic carbocycles. The van der Waals surface area contributed by atoms with Gasteiger partial charge in [0.25, 0.3) is 5.56 Å². The van der Waals surface area contributed by atoms with Crippen molar-refractivity contribution in [2.24, 2.45) is 0 Å². The lowest BCUT2D eigenvalue weighted by atomic mass is 9.86. The molecular weight excluding hydrogens is 326 g/mol. The van der Waals surface area contributed by atoms with Crippen molar-refractivity contribution in [2.75, 3.05) is 5.32 Å². The van der Waals surface area contributed by atoms with Gasteiger partial charge in [-0.2, -0.15) is 0 Å². The molecule has 1 aromatic heterocycles. The van der Waals surface area contributed by atoms with Gasteiger partial charge in [-0.15, -0.1) is 0 Å². The lowest BCUT2D eigenvalue weighted by molar-refractivity contribution is -0.119. The standard InChI is InChI=1S/C17H17N3O5/c1-4-19-13(21)10(14(22)23)8-20(16(19)25)9-5-6-12-11(7-9)17(2,3)15(24)18-12/h5-8H,4H2,1-3H3,(H,18,24)(H,22,23). The molecule has 1 aliphatic heterocycles. The molecule has 2 heterocycles. The van der Waals surface area contributed by atoms with Crippen LogP contribution >= 0.6 is 0 Å². The van der Waals surface area contributed by atoms with Crippen LogP contribution < -0.4 is 16.6 Å². The summed E-state index contributed by atoms with van der Waals surface area (Å²) in [6.07, 6.45) is 1.03. The molecule has 3 rings (SSSR count). The van der Waals surface area contributed by atoms with Crippen molar-refractivity contribution >= 4 is 17.6 Å². The molecule has 0 fully saturated rings. The van der Waals surface area contributed by atoms with Gasteiger partial charge in [0.2, 0.25) is 5.91 Å². The Morgan fingerprint density at radius 3 is 2.52 bits per heavy atom. The highest BCUT2D eigenvalue weighted by Gasteiger charge is 2.38. The third-order valence-corrected chi connectivity index (χ3v) is 4.49. The molecule has 2 N–H and O–H groups in total. The summed E-state index contributed by atoms with van der Waals surface area (Å²) in [6.45, 7) is 5.16. The summed E-state index contributed by atoms with van der Waals surface area (Å²) >= 11 is 0. The van der Waals surface area contributed by atoms with E-state index in [0.717, 1.165) is 15.3 Å². The SMILES string of the molecule is CCn1c(=O)c(C(=O)O)cn(-c2ccc3c(c2)C(C)(C)C(=O)N3)c1=O. The number of hydrogen-bond donors (Lipinski definition) is 2. The summed E-state index contributed by atoms with van der Waals surface area (Å²) in [4.78, 5) is 48.1. The number of carbonyl (C=O) groups is 2. The number of hydrogen-bond acceptors (Lipinski definition) is 4. The molecule has 0 spiro atoms. The number of nitrogens with one attached hydrogen (secondary N) is 1. The third kappa shape index (κ3) is 2.37. The Labute approximate surface area is 142 Å². The van der Waals surface area contributed by atoms with E-state index >= 15 is 0 Å². The maximum atomic E-state index is 12.6. The van der Waals surface area contributed by atoms with Crippen LogP contribution in [-0.2, 0) is 16.8 Å². The maximum absolute atomic E-state index is 12.6. The zero-order valence-electron chi connectivity index (χ0n) is 14.0. The molecule has 8 heteroatoms. The van der Waals surface area contributed by atoms with Crippen molar-refractivity contribution in [2.45, 2.75) is 32.7 Å². The number of nitrogens with zero attached hydrogens (tertiary/aromatic N) is 2. The molecule has 0 saturated heterocycles. The number of aromatic nitrogens is 2. The number of anilines is 1. The summed E-state index contributed by atoms with van der Waals surface area (Å²) in [7, 11) is 0. The van der Waals surface area contributed by atoms with Crippen molar-refractivity contribution in [1.29, 1.82) is 0 Å². The summed E-state index contributed by atoms with van der Waals surface area (Å²) in [5, 5.41) is 12.0. The lowest BCUT2D eigenvalue weighted by Crippen LogP contribution is -2.41. The van der Waals surface area contributed by atoms with Crippen LogP contribution in [0.15, 0.2) is 34.0 Å². The quantitative estimate of drug-likeness (QED) is 0.862. The minimum Gasteiger partial charge on any atom is -0.477 e. The topological polar surface area (TPSA) is 110 Å². The van der Waals surface area contributed by atoms with Gasteiger partial charge < -0.3 is 10.4 Å². The number of rotatable bonds is 3. The average Bonchev–Trinajstić information content (AvgIpc) is 2.77. The van der Waals surface area contributed by atoms with Crippen molar-refractivity contribution in [3.05, 3.63) is 56.4 Å². The molecule has 0 bridgehead atoms. The minimum atomic E-state index is -1.40. The van der Waals surface area contributed by atoms with Crippen molar-refractivity contribution in [1.82, 2.24) is 9.13 Å². The summed E-state index contributed by atoms with van der Waals surface area (Å²) in [5.74, 6) is -1.56. The third-order valence-electron chi connectivity index (χ3n) is 4.49. The largest absolute Gasteiger partial charge is 0.477 e. The van der Waals surface area contributed by atoms with E-state index in [2.05, 4.69) is 5.32 Å². The first kappa shape index (κ1) is 16.7. The van der Waals surface area contributed by atoms with Gasteiger partial charge in [0.05, 0.1) is 11.1 Å². The predicted molar refractivity (Wildman–Crippen MR) is 90.6 cm³/mol. The molecule has 1 aliphatic rings. The fraction of sp³-hybridized carbons (Fsp3) is 0.294. The molecule has 0 aliphatic carbocycles. The van der Waals surface area contributed by atoms with E-state index in [4.69, 9.17) is 0 Å². The molecule has 0 saturated carbocycles. The van der Waals surface area contributed by atoms with Gasteiger partial charge in [0.15, 0.2) is 0 Å². The number of amides is 1. The number of benzene rings is 1. The second-order valence-electron chi connectivity index (χ2n) is 6.36. The van der Waals surface area contributed by atoms with E-state index in [-0.39, 0.29) is 12.5 Å². The molecule has 0 unspecified atom stereocenters. The van der Waals surface area contributed by atoms with Gasteiger partial charge in [0, 0.05) is 18.4 Å². The molecule has 2 aromatic rings. The molecule has 1 amide bonds. The summed E-state index contributed by atoms with van der Waals surface area (Å²) in [5.41, 5.74) is -0.998. The Balaban J connectivity index is 2.29. The van der Waals surface area contributed by atoms with E-state index in [1.165, 1.54) is 0 Å². The molecule has 8 nitrogen and oxygen atoms in total. The molecular formula is C17H17N3O5. The molecule has 0 atom stereocenters. The number of carboxylic acid groups (broad SMARTS) is 1.